The van der Waals surface area contributed by atoms with Crippen LogP contribution in [0.3, 0.4) is 0 Å². The summed E-state index contributed by atoms with van der Waals surface area (Å²) in [5, 5.41) is 5.09. The zero-order valence-corrected chi connectivity index (χ0v) is 21.6. The van der Waals surface area contributed by atoms with Crippen molar-refractivity contribution in [1.29, 1.82) is 0 Å². The number of rotatable bonds is 10. The van der Waals surface area contributed by atoms with Gasteiger partial charge in [-0.1, -0.05) is 28.1 Å². The Morgan fingerprint density at radius 1 is 1.00 bits per heavy atom. The standard InChI is InChI=1S/C26H26BrNO5S/c1-4-31-20-11-7-17(8-12-20)21-16-34-25(24(21)26(30)33-6-3)28-23(29)14-9-18-15-19(27)10-13-22(18)32-5-2/h7-16H,4-6H2,1-3H3,(H,28,29)/b14-9+. The molecule has 0 aliphatic carbocycles. The van der Waals surface area contributed by atoms with Crippen molar-refractivity contribution in [3.05, 3.63) is 69.5 Å². The van der Waals surface area contributed by atoms with Gasteiger partial charge < -0.3 is 19.5 Å². The van der Waals surface area contributed by atoms with Crippen molar-refractivity contribution in [3.8, 4) is 22.6 Å². The summed E-state index contributed by atoms with van der Waals surface area (Å²) in [6, 6.07) is 13.0. The molecular weight excluding hydrogens is 518 g/mol. The highest BCUT2D eigenvalue weighted by Crippen LogP contribution is 2.37. The van der Waals surface area contributed by atoms with E-state index in [1.165, 1.54) is 17.4 Å². The Bertz CT molecular complexity index is 1170. The fourth-order valence-electron chi connectivity index (χ4n) is 3.22. The average molecular weight is 544 g/mol. The first-order valence-electron chi connectivity index (χ1n) is 10.9. The number of carbonyl (C=O) groups is 2. The minimum Gasteiger partial charge on any atom is -0.494 e. The summed E-state index contributed by atoms with van der Waals surface area (Å²) in [5.41, 5.74) is 2.61. The number of halogens is 1. The van der Waals surface area contributed by atoms with Gasteiger partial charge in [0.2, 0.25) is 5.91 Å². The highest BCUT2D eigenvalue weighted by molar-refractivity contribution is 9.10. The van der Waals surface area contributed by atoms with Crippen molar-refractivity contribution in [2.24, 2.45) is 0 Å². The second-order valence-corrected chi connectivity index (χ2v) is 8.76. The predicted octanol–water partition coefficient (Wildman–Crippen LogP) is 6.80. The van der Waals surface area contributed by atoms with E-state index in [1.807, 2.05) is 61.7 Å². The van der Waals surface area contributed by atoms with E-state index >= 15 is 0 Å². The number of thiophene rings is 1. The minimum atomic E-state index is -0.488. The van der Waals surface area contributed by atoms with E-state index < -0.39 is 5.97 Å². The molecule has 0 unspecified atom stereocenters. The summed E-state index contributed by atoms with van der Waals surface area (Å²) in [6.07, 6.45) is 3.09. The second kappa shape index (κ2) is 12.4. The van der Waals surface area contributed by atoms with Gasteiger partial charge >= 0.3 is 5.97 Å². The van der Waals surface area contributed by atoms with Crippen molar-refractivity contribution in [3.63, 3.8) is 0 Å². The van der Waals surface area contributed by atoms with Gasteiger partial charge in [-0.15, -0.1) is 11.3 Å². The van der Waals surface area contributed by atoms with Gasteiger partial charge in [0.1, 0.15) is 22.1 Å². The van der Waals surface area contributed by atoms with Gasteiger partial charge in [0.05, 0.1) is 19.8 Å². The third kappa shape index (κ3) is 6.48. The van der Waals surface area contributed by atoms with Gasteiger partial charge in [-0.3, -0.25) is 4.79 Å². The van der Waals surface area contributed by atoms with E-state index in [0.717, 1.165) is 21.3 Å². The molecule has 0 saturated carbocycles. The van der Waals surface area contributed by atoms with Crippen molar-refractivity contribution in [2.45, 2.75) is 20.8 Å². The Balaban J connectivity index is 1.87. The fraction of sp³-hybridized carbons (Fsp3) is 0.231. The Hall–Kier alpha value is -3.10. The maximum absolute atomic E-state index is 12.8. The maximum atomic E-state index is 12.8. The monoisotopic (exact) mass is 543 g/mol. The van der Waals surface area contributed by atoms with Crippen LogP contribution in [0.5, 0.6) is 11.5 Å². The molecule has 0 saturated heterocycles. The summed E-state index contributed by atoms with van der Waals surface area (Å²) in [6.45, 7) is 6.88. The highest BCUT2D eigenvalue weighted by Gasteiger charge is 2.22. The largest absolute Gasteiger partial charge is 0.494 e. The van der Waals surface area contributed by atoms with Gasteiger partial charge in [-0.05, 0) is 62.7 Å². The quantitative estimate of drug-likeness (QED) is 0.224. The van der Waals surface area contributed by atoms with Crippen LogP contribution < -0.4 is 14.8 Å². The lowest BCUT2D eigenvalue weighted by molar-refractivity contribution is -0.111. The molecule has 0 bridgehead atoms. The van der Waals surface area contributed by atoms with Gasteiger partial charge in [0.25, 0.3) is 0 Å². The summed E-state index contributed by atoms with van der Waals surface area (Å²) in [5.74, 6) is 0.568. The number of ether oxygens (including phenoxy) is 3. The summed E-state index contributed by atoms with van der Waals surface area (Å²) >= 11 is 4.71. The number of benzene rings is 2. The first-order chi connectivity index (χ1) is 16.5. The number of amides is 1. The fourth-order valence-corrected chi connectivity index (χ4v) is 4.56. The van der Waals surface area contributed by atoms with Crippen LogP contribution in [0.25, 0.3) is 17.2 Å². The predicted molar refractivity (Wildman–Crippen MR) is 140 cm³/mol. The molecule has 178 valence electrons. The number of nitrogens with one attached hydrogen (secondary N) is 1. The molecule has 0 atom stereocenters. The van der Waals surface area contributed by atoms with Crippen LogP contribution in [0, 0.1) is 0 Å². The minimum absolute atomic E-state index is 0.230. The van der Waals surface area contributed by atoms with Crippen LogP contribution in [0.4, 0.5) is 5.00 Å². The Kier molecular flexibility index (Phi) is 9.30. The molecule has 0 aliphatic heterocycles. The maximum Gasteiger partial charge on any atom is 0.341 e. The van der Waals surface area contributed by atoms with Crippen LogP contribution >= 0.6 is 27.3 Å². The molecule has 0 spiro atoms. The molecule has 1 aromatic heterocycles. The lowest BCUT2D eigenvalue weighted by Gasteiger charge is -2.09. The van der Waals surface area contributed by atoms with Gasteiger partial charge in [0, 0.05) is 27.1 Å². The Morgan fingerprint density at radius 2 is 1.74 bits per heavy atom. The van der Waals surface area contributed by atoms with E-state index in [-0.39, 0.29) is 12.5 Å². The third-order valence-electron chi connectivity index (χ3n) is 4.67. The van der Waals surface area contributed by atoms with E-state index in [2.05, 4.69) is 21.2 Å². The van der Waals surface area contributed by atoms with E-state index in [1.54, 1.807) is 13.0 Å². The molecule has 8 heteroatoms. The Morgan fingerprint density at radius 3 is 2.41 bits per heavy atom. The molecule has 1 amide bonds. The molecule has 3 rings (SSSR count). The molecule has 0 fully saturated rings. The van der Waals surface area contributed by atoms with Crippen LogP contribution in [-0.4, -0.2) is 31.7 Å². The molecule has 0 radical (unpaired) electrons. The molecule has 6 nitrogen and oxygen atoms in total. The molecule has 3 aromatic rings. The van der Waals surface area contributed by atoms with E-state index in [0.29, 0.717) is 35.1 Å². The van der Waals surface area contributed by atoms with Crippen LogP contribution in [0.1, 0.15) is 36.7 Å². The van der Waals surface area contributed by atoms with E-state index in [9.17, 15) is 9.59 Å². The molecular formula is C26H26BrNO5S. The third-order valence-corrected chi connectivity index (χ3v) is 6.06. The van der Waals surface area contributed by atoms with Crippen LogP contribution in [0.15, 0.2) is 58.4 Å². The zero-order chi connectivity index (χ0) is 24.5. The van der Waals surface area contributed by atoms with Gasteiger partial charge in [-0.25, -0.2) is 4.79 Å². The number of hydrogen-bond acceptors (Lipinski definition) is 6. The number of anilines is 1. The SMILES string of the molecule is CCOC(=O)c1c(-c2ccc(OCC)cc2)csc1NC(=O)/C=C/c1cc(Br)ccc1OCC. The summed E-state index contributed by atoms with van der Waals surface area (Å²) in [4.78, 5) is 25.5. The topological polar surface area (TPSA) is 73.9 Å². The van der Waals surface area contributed by atoms with Gasteiger partial charge in [-0.2, -0.15) is 0 Å². The summed E-state index contributed by atoms with van der Waals surface area (Å²) < 4.78 is 17.3. The van der Waals surface area contributed by atoms with Crippen molar-refractivity contribution >= 4 is 50.2 Å². The molecule has 0 aliphatic rings. The smallest absolute Gasteiger partial charge is 0.341 e. The molecule has 34 heavy (non-hydrogen) atoms. The molecule has 2 aromatic carbocycles. The number of hydrogen-bond donors (Lipinski definition) is 1. The summed E-state index contributed by atoms with van der Waals surface area (Å²) in [7, 11) is 0. The lowest BCUT2D eigenvalue weighted by Crippen LogP contribution is -2.12. The number of esters is 1. The lowest BCUT2D eigenvalue weighted by atomic mass is 10.0. The molecule has 1 heterocycles. The van der Waals surface area contributed by atoms with Crippen molar-refractivity contribution < 1.29 is 23.8 Å². The number of carbonyl (C=O) groups excluding carboxylic acids is 2. The first kappa shape index (κ1) is 25.5. The second-order valence-electron chi connectivity index (χ2n) is 6.97. The first-order valence-corrected chi connectivity index (χ1v) is 12.6. The average Bonchev–Trinajstić information content (AvgIpc) is 3.23. The van der Waals surface area contributed by atoms with E-state index in [4.69, 9.17) is 14.2 Å². The highest BCUT2D eigenvalue weighted by atomic mass is 79.9. The van der Waals surface area contributed by atoms with Crippen molar-refractivity contribution in [2.75, 3.05) is 25.1 Å². The van der Waals surface area contributed by atoms with Crippen molar-refractivity contribution in [1.82, 2.24) is 0 Å². The molecule has 1 N–H and O–H groups in total. The zero-order valence-electron chi connectivity index (χ0n) is 19.2. The van der Waals surface area contributed by atoms with Crippen LogP contribution in [0.2, 0.25) is 0 Å². The van der Waals surface area contributed by atoms with Gasteiger partial charge in [0.15, 0.2) is 0 Å². The van der Waals surface area contributed by atoms with Crippen LogP contribution in [-0.2, 0) is 9.53 Å². The Labute approximate surface area is 211 Å². The normalized spacial score (nSPS) is 10.8.